The van der Waals surface area contributed by atoms with E-state index in [1.807, 2.05) is 13.3 Å². The van der Waals surface area contributed by atoms with Crippen molar-refractivity contribution in [2.45, 2.75) is 50.1 Å². The molecule has 0 atom stereocenters. The van der Waals surface area contributed by atoms with Gasteiger partial charge in [0.1, 0.15) is 4.83 Å². The van der Waals surface area contributed by atoms with E-state index in [0.717, 1.165) is 35.0 Å². The van der Waals surface area contributed by atoms with Crippen molar-refractivity contribution in [3.05, 3.63) is 57.0 Å². The number of aryl methyl sites for hydroxylation is 3. The van der Waals surface area contributed by atoms with E-state index in [9.17, 15) is 9.59 Å². The molecule has 1 amide bonds. The molecule has 0 saturated heterocycles. The second-order valence-electron chi connectivity index (χ2n) is 7.48. The topological polar surface area (TPSA) is 55.2 Å². The summed E-state index contributed by atoms with van der Waals surface area (Å²) in [4.78, 5) is 35.2. The lowest BCUT2D eigenvalue weighted by Gasteiger charge is -2.18. The second kappa shape index (κ2) is 8.71. The van der Waals surface area contributed by atoms with Crippen LogP contribution in [0.4, 0.5) is 0 Å². The van der Waals surface area contributed by atoms with Gasteiger partial charge in [-0.1, -0.05) is 12.1 Å². The van der Waals surface area contributed by atoms with Gasteiger partial charge < -0.3 is 4.90 Å². The first-order valence-corrected chi connectivity index (χ1v) is 12.0. The zero-order chi connectivity index (χ0) is 20.4. The quantitative estimate of drug-likeness (QED) is 0.556. The molecule has 2 aromatic heterocycles. The van der Waals surface area contributed by atoms with Crippen molar-refractivity contribution in [2.24, 2.45) is 0 Å². The highest BCUT2D eigenvalue weighted by atomic mass is 32.2. The SMILES string of the molecule is CSc1ccc(CN(C)C(=O)CCn2cnc3sc4c(c3c2=O)CCCC4)cc1. The van der Waals surface area contributed by atoms with Crippen molar-refractivity contribution in [1.82, 2.24) is 14.5 Å². The van der Waals surface area contributed by atoms with Gasteiger partial charge in [0.2, 0.25) is 5.91 Å². The van der Waals surface area contributed by atoms with Crippen LogP contribution in [-0.4, -0.2) is 33.7 Å². The standard InChI is InChI=1S/C22H25N3O2S2/c1-24(13-15-7-9-16(28-2)10-8-15)19(26)11-12-25-14-23-21-20(22(25)27)17-5-3-4-6-18(17)29-21/h7-10,14H,3-6,11-13H2,1-2H3. The van der Waals surface area contributed by atoms with Crippen LogP contribution in [0.1, 0.15) is 35.3 Å². The molecule has 5 nitrogen and oxygen atoms in total. The third kappa shape index (κ3) is 4.26. The van der Waals surface area contributed by atoms with E-state index < -0.39 is 0 Å². The van der Waals surface area contributed by atoms with E-state index in [1.165, 1.54) is 21.8 Å². The first-order chi connectivity index (χ1) is 14.1. The van der Waals surface area contributed by atoms with Gasteiger partial charge in [0.15, 0.2) is 0 Å². The van der Waals surface area contributed by atoms with Crippen molar-refractivity contribution in [3.8, 4) is 0 Å². The number of thioether (sulfide) groups is 1. The average Bonchev–Trinajstić information content (AvgIpc) is 3.13. The molecular weight excluding hydrogens is 402 g/mol. The molecule has 0 saturated carbocycles. The molecule has 0 N–H and O–H groups in total. The number of fused-ring (bicyclic) bond motifs is 3. The molecule has 4 rings (SSSR count). The molecule has 3 aromatic rings. The molecule has 0 unspecified atom stereocenters. The number of benzene rings is 1. The lowest BCUT2D eigenvalue weighted by atomic mass is 9.97. The molecule has 0 spiro atoms. The highest BCUT2D eigenvalue weighted by Gasteiger charge is 2.20. The number of thiophene rings is 1. The Labute approximate surface area is 178 Å². The summed E-state index contributed by atoms with van der Waals surface area (Å²) in [6.07, 6.45) is 8.28. The Kier molecular flexibility index (Phi) is 6.06. The first kappa shape index (κ1) is 20.2. The van der Waals surface area contributed by atoms with Crippen LogP contribution in [0.2, 0.25) is 0 Å². The summed E-state index contributed by atoms with van der Waals surface area (Å²) in [6, 6.07) is 8.25. The van der Waals surface area contributed by atoms with Gasteiger partial charge in [-0.3, -0.25) is 14.2 Å². The molecule has 1 aromatic carbocycles. The fraction of sp³-hybridized carbons (Fsp3) is 0.409. The van der Waals surface area contributed by atoms with Crippen LogP contribution in [0.3, 0.4) is 0 Å². The molecule has 2 heterocycles. The molecule has 0 aliphatic heterocycles. The minimum atomic E-state index is -0.00231. The minimum Gasteiger partial charge on any atom is -0.341 e. The van der Waals surface area contributed by atoms with Gasteiger partial charge in [-0.15, -0.1) is 23.1 Å². The Morgan fingerprint density at radius 3 is 2.76 bits per heavy atom. The summed E-state index contributed by atoms with van der Waals surface area (Å²) in [6.45, 7) is 0.929. The van der Waals surface area contributed by atoms with Crippen LogP contribution in [-0.2, 0) is 30.7 Å². The summed E-state index contributed by atoms with van der Waals surface area (Å²) in [7, 11) is 1.81. The van der Waals surface area contributed by atoms with Crippen molar-refractivity contribution in [1.29, 1.82) is 0 Å². The molecule has 1 aliphatic carbocycles. The van der Waals surface area contributed by atoms with Crippen LogP contribution < -0.4 is 5.56 Å². The van der Waals surface area contributed by atoms with Crippen molar-refractivity contribution in [3.63, 3.8) is 0 Å². The Hall–Kier alpha value is -2.12. The molecule has 1 aliphatic rings. The summed E-state index contributed by atoms with van der Waals surface area (Å²) in [5, 5.41) is 0.780. The van der Waals surface area contributed by atoms with Crippen LogP contribution in [0, 0.1) is 0 Å². The monoisotopic (exact) mass is 427 g/mol. The van der Waals surface area contributed by atoms with E-state index >= 15 is 0 Å². The molecule has 152 valence electrons. The largest absolute Gasteiger partial charge is 0.341 e. The van der Waals surface area contributed by atoms with Gasteiger partial charge in [-0.05, 0) is 55.2 Å². The van der Waals surface area contributed by atoms with Gasteiger partial charge in [0.25, 0.3) is 5.56 Å². The number of carbonyl (C=O) groups excluding carboxylic acids is 1. The molecule has 0 bridgehead atoms. The number of hydrogen-bond acceptors (Lipinski definition) is 5. The molecule has 0 fully saturated rings. The molecule has 29 heavy (non-hydrogen) atoms. The Morgan fingerprint density at radius 1 is 1.24 bits per heavy atom. The Morgan fingerprint density at radius 2 is 2.00 bits per heavy atom. The van der Waals surface area contributed by atoms with Crippen LogP contribution in [0.15, 0.2) is 40.3 Å². The van der Waals surface area contributed by atoms with Gasteiger partial charge >= 0.3 is 0 Å². The fourth-order valence-electron chi connectivity index (χ4n) is 3.84. The number of aromatic nitrogens is 2. The highest BCUT2D eigenvalue weighted by Crippen LogP contribution is 2.33. The molecular formula is C22H25N3O2S2. The van der Waals surface area contributed by atoms with Crippen molar-refractivity contribution in [2.75, 3.05) is 13.3 Å². The Balaban J connectivity index is 1.44. The van der Waals surface area contributed by atoms with Gasteiger partial charge in [-0.2, -0.15) is 0 Å². The van der Waals surface area contributed by atoms with Gasteiger partial charge in [-0.25, -0.2) is 4.98 Å². The number of carbonyl (C=O) groups is 1. The van der Waals surface area contributed by atoms with E-state index in [0.29, 0.717) is 19.5 Å². The summed E-state index contributed by atoms with van der Waals surface area (Å²) in [5.41, 5.74) is 2.29. The average molecular weight is 428 g/mol. The van der Waals surface area contributed by atoms with Crippen molar-refractivity contribution >= 4 is 39.2 Å². The summed E-state index contributed by atoms with van der Waals surface area (Å²) >= 11 is 3.36. The molecule has 0 radical (unpaired) electrons. The normalized spacial score (nSPS) is 13.4. The highest BCUT2D eigenvalue weighted by molar-refractivity contribution is 7.98. The van der Waals surface area contributed by atoms with Crippen LogP contribution in [0.5, 0.6) is 0 Å². The third-order valence-corrected chi connectivity index (χ3v) is 7.46. The van der Waals surface area contributed by atoms with Crippen molar-refractivity contribution < 1.29 is 4.79 Å². The van der Waals surface area contributed by atoms with E-state index in [1.54, 1.807) is 38.9 Å². The summed E-state index contributed by atoms with van der Waals surface area (Å²) in [5.74, 6) is 0.0262. The smallest absolute Gasteiger partial charge is 0.262 e. The number of rotatable bonds is 6. The lowest BCUT2D eigenvalue weighted by molar-refractivity contribution is -0.130. The van der Waals surface area contributed by atoms with Crippen LogP contribution in [0.25, 0.3) is 10.2 Å². The van der Waals surface area contributed by atoms with E-state index in [2.05, 4.69) is 29.2 Å². The van der Waals surface area contributed by atoms with Gasteiger partial charge in [0, 0.05) is 36.3 Å². The Bertz CT molecular complexity index is 1090. The maximum Gasteiger partial charge on any atom is 0.262 e. The number of amides is 1. The third-order valence-electron chi connectivity index (χ3n) is 5.51. The minimum absolute atomic E-state index is 0.00231. The first-order valence-electron chi connectivity index (χ1n) is 9.93. The second-order valence-corrected chi connectivity index (χ2v) is 9.45. The lowest BCUT2D eigenvalue weighted by Crippen LogP contribution is -2.29. The number of nitrogens with zero attached hydrogens (tertiary/aromatic N) is 3. The zero-order valence-corrected chi connectivity index (χ0v) is 18.4. The fourth-order valence-corrected chi connectivity index (χ4v) is 5.47. The number of hydrogen-bond donors (Lipinski definition) is 0. The molecule has 7 heteroatoms. The van der Waals surface area contributed by atoms with Gasteiger partial charge in [0.05, 0.1) is 11.7 Å². The zero-order valence-electron chi connectivity index (χ0n) is 16.8. The van der Waals surface area contributed by atoms with Crippen LogP contribution >= 0.6 is 23.1 Å². The van der Waals surface area contributed by atoms with E-state index in [-0.39, 0.29) is 11.5 Å². The predicted molar refractivity (Wildman–Crippen MR) is 120 cm³/mol. The predicted octanol–water partition coefficient (Wildman–Crippen LogP) is 4.11. The van der Waals surface area contributed by atoms with E-state index in [4.69, 9.17) is 0 Å². The maximum absolute atomic E-state index is 13.0. The maximum atomic E-state index is 13.0. The summed E-state index contributed by atoms with van der Waals surface area (Å²) < 4.78 is 1.60.